The number of halogens is 1. The van der Waals surface area contributed by atoms with Crippen molar-refractivity contribution < 1.29 is 0 Å². The highest BCUT2D eigenvalue weighted by atomic mass is 79.9. The standard InChI is InChI=1S/C26H18BrNS/c27-25-23-13-7-8-14-24(23)29-26(25)19-15-17-22(18-16-19)28(20-9-3-1-4-10-20)21-11-5-2-6-12-21/h1-18H. The summed E-state index contributed by atoms with van der Waals surface area (Å²) in [5.41, 5.74) is 4.66. The third-order valence-electron chi connectivity index (χ3n) is 4.95. The topological polar surface area (TPSA) is 3.24 Å². The molecule has 0 unspecified atom stereocenters. The average molecular weight is 456 g/mol. The predicted octanol–water partition coefficient (Wildman–Crippen LogP) is 8.80. The fraction of sp³-hybridized carbons (Fsp3) is 0. The molecule has 0 aliphatic rings. The molecule has 0 bridgehead atoms. The molecule has 0 saturated heterocycles. The summed E-state index contributed by atoms with van der Waals surface area (Å²) in [5, 5.41) is 1.27. The van der Waals surface area contributed by atoms with Gasteiger partial charge in [-0.15, -0.1) is 11.3 Å². The number of benzene rings is 4. The van der Waals surface area contributed by atoms with E-state index in [0.717, 1.165) is 17.1 Å². The lowest BCUT2D eigenvalue weighted by molar-refractivity contribution is 1.28. The summed E-state index contributed by atoms with van der Waals surface area (Å²) in [6.45, 7) is 0. The highest BCUT2D eigenvalue weighted by Crippen LogP contribution is 2.43. The van der Waals surface area contributed by atoms with E-state index in [1.807, 2.05) is 11.3 Å². The van der Waals surface area contributed by atoms with Crippen molar-refractivity contribution in [3.05, 3.63) is 114 Å². The fourth-order valence-corrected chi connectivity index (χ4v) is 5.61. The molecule has 0 aliphatic heterocycles. The maximum Gasteiger partial charge on any atom is 0.0497 e. The molecule has 3 heteroatoms. The largest absolute Gasteiger partial charge is 0.311 e. The van der Waals surface area contributed by atoms with E-state index >= 15 is 0 Å². The summed E-state index contributed by atoms with van der Waals surface area (Å²) in [5.74, 6) is 0. The van der Waals surface area contributed by atoms with E-state index < -0.39 is 0 Å². The van der Waals surface area contributed by atoms with Crippen LogP contribution in [0.1, 0.15) is 0 Å². The molecule has 0 aliphatic carbocycles. The summed E-state index contributed by atoms with van der Waals surface area (Å²) in [6.07, 6.45) is 0. The Labute approximate surface area is 183 Å². The molecule has 0 amide bonds. The van der Waals surface area contributed by atoms with E-state index in [0.29, 0.717) is 0 Å². The molecule has 0 fully saturated rings. The number of hydrogen-bond acceptors (Lipinski definition) is 2. The van der Waals surface area contributed by atoms with Gasteiger partial charge < -0.3 is 4.90 Å². The molecule has 29 heavy (non-hydrogen) atoms. The summed E-state index contributed by atoms with van der Waals surface area (Å²) < 4.78 is 2.47. The van der Waals surface area contributed by atoms with E-state index in [4.69, 9.17) is 0 Å². The molecule has 1 heterocycles. The second kappa shape index (κ2) is 7.86. The first-order valence-corrected chi connectivity index (χ1v) is 11.1. The Morgan fingerprint density at radius 1 is 0.552 bits per heavy atom. The summed E-state index contributed by atoms with van der Waals surface area (Å²) in [6, 6.07) is 38.3. The number of para-hydroxylation sites is 2. The molecular weight excluding hydrogens is 438 g/mol. The van der Waals surface area contributed by atoms with E-state index in [-0.39, 0.29) is 0 Å². The molecule has 5 rings (SSSR count). The van der Waals surface area contributed by atoms with E-state index in [1.54, 1.807) is 0 Å². The number of anilines is 3. The normalized spacial score (nSPS) is 10.9. The minimum atomic E-state index is 1.14. The van der Waals surface area contributed by atoms with Crippen LogP contribution >= 0.6 is 27.3 Å². The van der Waals surface area contributed by atoms with Crippen LogP contribution in [-0.2, 0) is 0 Å². The van der Waals surface area contributed by atoms with Gasteiger partial charge in [0.1, 0.15) is 0 Å². The minimum absolute atomic E-state index is 1.14. The van der Waals surface area contributed by atoms with Crippen LogP contribution in [0.2, 0.25) is 0 Å². The van der Waals surface area contributed by atoms with Gasteiger partial charge in [0.15, 0.2) is 0 Å². The minimum Gasteiger partial charge on any atom is -0.311 e. The lowest BCUT2D eigenvalue weighted by Gasteiger charge is -2.25. The predicted molar refractivity (Wildman–Crippen MR) is 130 cm³/mol. The Balaban J connectivity index is 1.57. The second-order valence-electron chi connectivity index (χ2n) is 6.79. The van der Waals surface area contributed by atoms with E-state index in [1.165, 1.54) is 25.0 Å². The molecule has 1 nitrogen and oxygen atoms in total. The highest BCUT2D eigenvalue weighted by molar-refractivity contribution is 9.10. The second-order valence-corrected chi connectivity index (χ2v) is 8.64. The Morgan fingerprint density at radius 2 is 1.07 bits per heavy atom. The molecule has 4 aromatic carbocycles. The number of nitrogens with zero attached hydrogens (tertiary/aromatic N) is 1. The first kappa shape index (κ1) is 18.2. The maximum absolute atomic E-state index is 3.81. The SMILES string of the molecule is Brc1c(-c2ccc(N(c3ccccc3)c3ccccc3)cc2)sc2ccccc12. The van der Waals surface area contributed by atoms with E-state index in [2.05, 4.69) is 130 Å². The van der Waals surface area contributed by atoms with Crippen LogP contribution in [0.4, 0.5) is 17.1 Å². The Morgan fingerprint density at radius 3 is 1.66 bits per heavy atom. The molecule has 5 aromatic rings. The third kappa shape index (κ3) is 3.48. The molecule has 0 spiro atoms. The lowest BCUT2D eigenvalue weighted by atomic mass is 10.1. The van der Waals surface area contributed by atoms with Crippen molar-refractivity contribution >= 4 is 54.4 Å². The van der Waals surface area contributed by atoms with Crippen LogP contribution in [0.25, 0.3) is 20.5 Å². The van der Waals surface area contributed by atoms with Crippen molar-refractivity contribution in [1.29, 1.82) is 0 Å². The maximum atomic E-state index is 3.81. The zero-order chi connectivity index (χ0) is 19.6. The lowest BCUT2D eigenvalue weighted by Crippen LogP contribution is -2.09. The van der Waals surface area contributed by atoms with Gasteiger partial charge in [-0.25, -0.2) is 0 Å². The van der Waals surface area contributed by atoms with Crippen molar-refractivity contribution in [2.75, 3.05) is 4.90 Å². The van der Waals surface area contributed by atoms with E-state index in [9.17, 15) is 0 Å². The van der Waals surface area contributed by atoms with Gasteiger partial charge in [0, 0.05) is 36.5 Å². The van der Waals surface area contributed by atoms with Crippen molar-refractivity contribution in [1.82, 2.24) is 0 Å². The van der Waals surface area contributed by atoms with Crippen LogP contribution in [0.5, 0.6) is 0 Å². The summed E-state index contributed by atoms with van der Waals surface area (Å²) >= 11 is 5.63. The Bertz CT molecular complexity index is 1210. The highest BCUT2D eigenvalue weighted by Gasteiger charge is 2.14. The van der Waals surface area contributed by atoms with Gasteiger partial charge in [0.05, 0.1) is 0 Å². The van der Waals surface area contributed by atoms with Crippen LogP contribution < -0.4 is 4.90 Å². The zero-order valence-corrected chi connectivity index (χ0v) is 18.0. The number of fused-ring (bicyclic) bond motifs is 1. The number of hydrogen-bond donors (Lipinski definition) is 0. The van der Waals surface area contributed by atoms with Gasteiger partial charge in [-0.2, -0.15) is 0 Å². The summed E-state index contributed by atoms with van der Waals surface area (Å²) in [7, 11) is 0. The molecule has 0 radical (unpaired) electrons. The molecule has 0 N–H and O–H groups in total. The summed E-state index contributed by atoms with van der Waals surface area (Å²) in [4.78, 5) is 3.55. The van der Waals surface area contributed by atoms with Gasteiger partial charge in [0.2, 0.25) is 0 Å². The number of rotatable bonds is 4. The van der Waals surface area contributed by atoms with Crippen molar-refractivity contribution in [3.8, 4) is 10.4 Å². The van der Waals surface area contributed by atoms with Crippen LogP contribution in [0.3, 0.4) is 0 Å². The van der Waals surface area contributed by atoms with Crippen molar-refractivity contribution in [3.63, 3.8) is 0 Å². The first-order chi connectivity index (χ1) is 14.3. The average Bonchev–Trinajstić information content (AvgIpc) is 3.13. The molecule has 1 aromatic heterocycles. The first-order valence-electron chi connectivity index (χ1n) is 9.49. The Hall–Kier alpha value is -2.88. The van der Waals surface area contributed by atoms with Crippen LogP contribution in [0, 0.1) is 0 Å². The van der Waals surface area contributed by atoms with Gasteiger partial charge in [-0.05, 0) is 64.0 Å². The van der Waals surface area contributed by atoms with Gasteiger partial charge in [-0.1, -0.05) is 66.7 Å². The van der Waals surface area contributed by atoms with Gasteiger partial charge in [-0.3, -0.25) is 0 Å². The molecular formula is C26H18BrNS. The fourth-order valence-electron chi connectivity index (χ4n) is 3.56. The monoisotopic (exact) mass is 455 g/mol. The number of thiophene rings is 1. The molecule has 0 saturated carbocycles. The quantitative estimate of drug-likeness (QED) is 0.261. The third-order valence-corrected chi connectivity index (χ3v) is 7.26. The van der Waals surface area contributed by atoms with Gasteiger partial charge >= 0.3 is 0 Å². The van der Waals surface area contributed by atoms with Gasteiger partial charge in [0.25, 0.3) is 0 Å². The van der Waals surface area contributed by atoms with Crippen molar-refractivity contribution in [2.24, 2.45) is 0 Å². The molecule has 0 atom stereocenters. The van der Waals surface area contributed by atoms with Crippen LogP contribution in [0.15, 0.2) is 114 Å². The Kier molecular flexibility index (Phi) is 4.92. The zero-order valence-electron chi connectivity index (χ0n) is 15.6. The molecule has 140 valence electrons. The smallest absolute Gasteiger partial charge is 0.0497 e. The van der Waals surface area contributed by atoms with Crippen LogP contribution in [-0.4, -0.2) is 0 Å². The van der Waals surface area contributed by atoms with Crippen molar-refractivity contribution in [2.45, 2.75) is 0 Å².